The Morgan fingerprint density at radius 3 is 2.39 bits per heavy atom. The van der Waals surface area contributed by atoms with Crippen molar-refractivity contribution in [3.8, 4) is 0 Å². The zero-order valence-electron chi connectivity index (χ0n) is 11.7. The van der Waals surface area contributed by atoms with Crippen LogP contribution < -0.4 is 0 Å². The number of hydrogen-bond acceptors (Lipinski definition) is 2. The van der Waals surface area contributed by atoms with Gasteiger partial charge in [0, 0.05) is 11.3 Å². The number of carbonyl (C=O) groups is 1. The Hall–Kier alpha value is -1.57. The molecule has 0 bridgehead atoms. The molecule has 0 aliphatic carbocycles. The van der Waals surface area contributed by atoms with Crippen LogP contribution in [-0.2, 0) is 0 Å². The molecule has 96 valence electrons. The average molecular weight is 244 g/mol. The molecule has 2 heteroatoms. The van der Waals surface area contributed by atoms with Crippen molar-refractivity contribution in [2.24, 2.45) is 5.92 Å². The summed E-state index contributed by atoms with van der Waals surface area (Å²) in [6.07, 6.45) is 0. The van der Waals surface area contributed by atoms with Crippen LogP contribution in [-0.4, -0.2) is 5.78 Å². The molecule has 0 spiro atoms. The molecule has 2 aromatic rings. The molecule has 0 aliphatic rings. The van der Waals surface area contributed by atoms with Gasteiger partial charge in [0.05, 0.1) is 0 Å². The molecule has 0 fully saturated rings. The molecule has 18 heavy (non-hydrogen) atoms. The van der Waals surface area contributed by atoms with Gasteiger partial charge in [0.2, 0.25) is 5.78 Å². The van der Waals surface area contributed by atoms with Gasteiger partial charge in [0.15, 0.2) is 5.76 Å². The van der Waals surface area contributed by atoms with Crippen LogP contribution in [0.3, 0.4) is 0 Å². The predicted octanol–water partition coefficient (Wildman–Crippen LogP) is 4.70. The van der Waals surface area contributed by atoms with Crippen LogP contribution in [0.15, 0.2) is 22.6 Å². The summed E-state index contributed by atoms with van der Waals surface area (Å²) in [6, 6.07) is 6.07. The van der Waals surface area contributed by atoms with E-state index in [0.717, 1.165) is 16.5 Å². The SMILES string of the molecule is Cc1ccc(C(C)C)c2oc(C(=O)C(C)C)cc12. The summed E-state index contributed by atoms with van der Waals surface area (Å²) in [7, 11) is 0. The molecule has 0 saturated heterocycles. The summed E-state index contributed by atoms with van der Waals surface area (Å²) < 4.78 is 5.81. The maximum absolute atomic E-state index is 12.0. The maximum atomic E-state index is 12.0. The van der Waals surface area contributed by atoms with E-state index in [-0.39, 0.29) is 11.7 Å². The number of fused-ring (bicyclic) bond motifs is 1. The summed E-state index contributed by atoms with van der Waals surface area (Å²) in [5, 5.41) is 1.06. The Bertz CT molecular complexity index is 588. The summed E-state index contributed by atoms with van der Waals surface area (Å²) in [5.41, 5.74) is 3.19. The molecule has 2 rings (SSSR count). The van der Waals surface area contributed by atoms with E-state index < -0.39 is 0 Å². The Labute approximate surface area is 108 Å². The predicted molar refractivity (Wildman–Crippen MR) is 74.2 cm³/mol. The number of Topliss-reactive ketones (excluding diaryl/α,β-unsaturated/α-hetero) is 1. The van der Waals surface area contributed by atoms with Crippen LogP contribution in [0.25, 0.3) is 11.0 Å². The lowest BCUT2D eigenvalue weighted by molar-refractivity contribution is 0.0913. The van der Waals surface area contributed by atoms with Gasteiger partial charge in [-0.1, -0.05) is 39.8 Å². The third kappa shape index (κ3) is 2.07. The van der Waals surface area contributed by atoms with Crippen LogP contribution in [0.2, 0.25) is 0 Å². The molecule has 2 nitrogen and oxygen atoms in total. The van der Waals surface area contributed by atoms with E-state index in [2.05, 4.69) is 26.0 Å². The second-order valence-corrected chi connectivity index (χ2v) is 5.50. The zero-order valence-corrected chi connectivity index (χ0v) is 11.7. The minimum absolute atomic E-state index is 0.0339. The summed E-state index contributed by atoms with van der Waals surface area (Å²) >= 11 is 0. The Morgan fingerprint density at radius 2 is 1.83 bits per heavy atom. The molecule has 0 radical (unpaired) electrons. The number of furan rings is 1. The van der Waals surface area contributed by atoms with E-state index >= 15 is 0 Å². The first kappa shape index (κ1) is 12.9. The standard InChI is InChI=1S/C16H20O2/c1-9(2)12-7-6-11(5)13-8-14(18-16(12)13)15(17)10(3)4/h6-10H,1-5H3. The molecule has 0 atom stereocenters. The Balaban J connectivity index is 2.66. The molecule has 0 aliphatic heterocycles. The highest BCUT2D eigenvalue weighted by molar-refractivity contribution is 5.99. The molecular formula is C16H20O2. The Kier molecular flexibility index (Phi) is 3.29. The minimum atomic E-state index is -0.0339. The molecule has 0 saturated carbocycles. The number of rotatable bonds is 3. The molecule has 0 amide bonds. The molecule has 0 unspecified atom stereocenters. The van der Waals surface area contributed by atoms with Crippen molar-refractivity contribution in [3.63, 3.8) is 0 Å². The molecule has 1 heterocycles. The van der Waals surface area contributed by atoms with Crippen LogP contribution in [0.5, 0.6) is 0 Å². The molecule has 1 aromatic carbocycles. The lowest BCUT2D eigenvalue weighted by atomic mass is 9.98. The monoisotopic (exact) mass is 244 g/mol. The van der Waals surface area contributed by atoms with E-state index in [1.54, 1.807) is 0 Å². The normalized spacial score (nSPS) is 11.7. The first-order chi connectivity index (χ1) is 8.41. The van der Waals surface area contributed by atoms with Gasteiger partial charge in [0.25, 0.3) is 0 Å². The number of carbonyl (C=O) groups excluding carboxylic acids is 1. The van der Waals surface area contributed by atoms with E-state index in [1.807, 2.05) is 26.8 Å². The van der Waals surface area contributed by atoms with Gasteiger partial charge in [-0.25, -0.2) is 0 Å². The van der Waals surface area contributed by atoms with Gasteiger partial charge < -0.3 is 4.42 Å². The summed E-state index contributed by atoms with van der Waals surface area (Å²) in [6.45, 7) is 10.1. The van der Waals surface area contributed by atoms with Crippen molar-refractivity contribution in [2.75, 3.05) is 0 Å². The second-order valence-electron chi connectivity index (χ2n) is 5.50. The zero-order chi connectivity index (χ0) is 13.4. The second kappa shape index (κ2) is 4.60. The molecular weight excluding hydrogens is 224 g/mol. The fourth-order valence-corrected chi connectivity index (χ4v) is 2.14. The van der Waals surface area contributed by atoms with Crippen molar-refractivity contribution in [1.29, 1.82) is 0 Å². The quantitative estimate of drug-likeness (QED) is 0.732. The number of aryl methyl sites for hydroxylation is 1. The van der Waals surface area contributed by atoms with Gasteiger partial charge in [-0.2, -0.15) is 0 Å². The van der Waals surface area contributed by atoms with Crippen LogP contribution in [0, 0.1) is 12.8 Å². The van der Waals surface area contributed by atoms with E-state index in [1.165, 1.54) is 5.56 Å². The van der Waals surface area contributed by atoms with E-state index in [4.69, 9.17) is 4.42 Å². The first-order valence-corrected chi connectivity index (χ1v) is 6.49. The highest BCUT2D eigenvalue weighted by atomic mass is 16.3. The Morgan fingerprint density at radius 1 is 1.17 bits per heavy atom. The van der Waals surface area contributed by atoms with Gasteiger partial charge in [-0.3, -0.25) is 4.79 Å². The van der Waals surface area contributed by atoms with Crippen molar-refractivity contribution < 1.29 is 9.21 Å². The highest BCUT2D eigenvalue weighted by Gasteiger charge is 2.18. The first-order valence-electron chi connectivity index (χ1n) is 6.49. The molecule has 1 aromatic heterocycles. The lowest BCUT2D eigenvalue weighted by Gasteiger charge is -2.06. The minimum Gasteiger partial charge on any atom is -0.453 e. The lowest BCUT2D eigenvalue weighted by Crippen LogP contribution is -2.05. The average Bonchev–Trinajstić information content (AvgIpc) is 2.73. The van der Waals surface area contributed by atoms with Crippen LogP contribution in [0.1, 0.15) is 55.3 Å². The van der Waals surface area contributed by atoms with Gasteiger partial charge in [0.1, 0.15) is 5.58 Å². The third-order valence-corrected chi connectivity index (χ3v) is 3.32. The van der Waals surface area contributed by atoms with Crippen LogP contribution >= 0.6 is 0 Å². The number of benzene rings is 1. The van der Waals surface area contributed by atoms with Crippen molar-refractivity contribution in [1.82, 2.24) is 0 Å². The fourth-order valence-electron chi connectivity index (χ4n) is 2.14. The maximum Gasteiger partial charge on any atom is 0.200 e. The molecule has 0 N–H and O–H groups in total. The van der Waals surface area contributed by atoms with Gasteiger partial charge >= 0.3 is 0 Å². The topological polar surface area (TPSA) is 30.2 Å². The van der Waals surface area contributed by atoms with E-state index in [0.29, 0.717) is 11.7 Å². The van der Waals surface area contributed by atoms with Crippen molar-refractivity contribution in [3.05, 3.63) is 35.1 Å². The van der Waals surface area contributed by atoms with E-state index in [9.17, 15) is 4.79 Å². The number of ketones is 1. The van der Waals surface area contributed by atoms with Gasteiger partial charge in [-0.05, 0) is 30.0 Å². The fraction of sp³-hybridized carbons (Fsp3) is 0.438. The summed E-state index contributed by atoms with van der Waals surface area (Å²) in [4.78, 5) is 12.0. The summed E-state index contributed by atoms with van der Waals surface area (Å²) in [5.74, 6) is 0.908. The third-order valence-electron chi connectivity index (χ3n) is 3.32. The van der Waals surface area contributed by atoms with Crippen LogP contribution in [0.4, 0.5) is 0 Å². The largest absolute Gasteiger partial charge is 0.453 e. The highest BCUT2D eigenvalue weighted by Crippen LogP contribution is 2.31. The van der Waals surface area contributed by atoms with Crippen molar-refractivity contribution >= 4 is 16.8 Å². The smallest absolute Gasteiger partial charge is 0.200 e. The number of hydrogen-bond donors (Lipinski definition) is 0. The van der Waals surface area contributed by atoms with Crippen molar-refractivity contribution in [2.45, 2.75) is 40.5 Å². The van der Waals surface area contributed by atoms with Gasteiger partial charge in [-0.15, -0.1) is 0 Å².